The van der Waals surface area contributed by atoms with Crippen LogP contribution >= 0.6 is 0 Å². The zero-order chi connectivity index (χ0) is 15.5. The van der Waals surface area contributed by atoms with Gasteiger partial charge in [-0.2, -0.15) is 5.10 Å². The van der Waals surface area contributed by atoms with Gasteiger partial charge in [0.2, 0.25) is 0 Å². The van der Waals surface area contributed by atoms with Crippen LogP contribution in [0.5, 0.6) is 0 Å². The van der Waals surface area contributed by atoms with Gasteiger partial charge < -0.3 is 9.47 Å². The second-order valence-electron chi connectivity index (χ2n) is 4.73. The van der Waals surface area contributed by atoms with Crippen LogP contribution in [0.1, 0.15) is 29.0 Å². The summed E-state index contributed by atoms with van der Waals surface area (Å²) in [6.07, 6.45) is -0.490. The van der Waals surface area contributed by atoms with E-state index in [1.165, 1.54) is 11.0 Å². The highest BCUT2D eigenvalue weighted by Gasteiger charge is 2.37. The van der Waals surface area contributed by atoms with Gasteiger partial charge in [0.1, 0.15) is 18.3 Å². The molecule has 1 atom stereocenters. The number of ether oxygens (including phenoxy) is 2. The van der Waals surface area contributed by atoms with Crippen molar-refractivity contribution in [3.05, 3.63) is 47.7 Å². The smallest absolute Gasteiger partial charge is 0.416 e. The maximum Gasteiger partial charge on any atom is 0.416 e. The minimum Gasteiger partial charge on any atom is -0.461 e. The van der Waals surface area contributed by atoms with Crippen LogP contribution in [0.2, 0.25) is 0 Å². The van der Waals surface area contributed by atoms with Crippen LogP contribution in [-0.2, 0) is 9.47 Å². The fourth-order valence-corrected chi connectivity index (χ4v) is 2.34. The van der Waals surface area contributed by atoms with Gasteiger partial charge >= 0.3 is 12.1 Å². The van der Waals surface area contributed by atoms with Crippen LogP contribution in [0.3, 0.4) is 0 Å². The maximum absolute atomic E-state index is 12.0. The van der Waals surface area contributed by atoms with Crippen LogP contribution in [0.4, 0.5) is 10.6 Å². The molecule has 0 bridgehead atoms. The lowest BCUT2D eigenvalue weighted by Gasteiger charge is -2.18. The average Bonchev–Trinajstić information content (AvgIpc) is 3.15. The van der Waals surface area contributed by atoms with Gasteiger partial charge in [-0.05, 0) is 12.5 Å². The number of aromatic amines is 1. The van der Waals surface area contributed by atoms with E-state index < -0.39 is 12.1 Å². The molecule has 114 valence electrons. The molecular weight excluding hydrogens is 286 g/mol. The summed E-state index contributed by atoms with van der Waals surface area (Å²) in [7, 11) is 0. The number of cyclic esters (lactones) is 1. The fraction of sp³-hybridized carbons (Fsp3) is 0.267. The summed E-state index contributed by atoms with van der Waals surface area (Å²) in [5.41, 5.74) is 1.14. The molecule has 1 aliphatic heterocycles. The molecule has 1 aromatic carbocycles. The van der Waals surface area contributed by atoms with Crippen molar-refractivity contribution in [1.29, 1.82) is 0 Å². The number of nitrogens with zero attached hydrogens (tertiary/aromatic N) is 2. The van der Waals surface area contributed by atoms with Crippen LogP contribution in [0, 0.1) is 0 Å². The standard InChI is InChI=1S/C15H15N3O4/c1-2-21-14(19)11-8-13(17-16-11)18-12(9-22-15(18)20)10-6-4-3-5-7-10/h3-8,12H,2,9H2,1H3,(H,16,17)/t12-/m0/s1. The maximum atomic E-state index is 12.0. The first kappa shape index (κ1) is 14.1. The Kier molecular flexibility index (Phi) is 3.78. The highest BCUT2D eigenvalue weighted by atomic mass is 16.6. The second kappa shape index (κ2) is 5.88. The van der Waals surface area contributed by atoms with Gasteiger partial charge in [0.25, 0.3) is 0 Å². The van der Waals surface area contributed by atoms with E-state index in [0.29, 0.717) is 5.82 Å². The Hall–Kier alpha value is -2.83. The molecule has 3 rings (SSSR count). The molecule has 0 radical (unpaired) electrons. The monoisotopic (exact) mass is 301 g/mol. The second-order valence-corrected chi connectivity index (χ2v) is 4.73. The molecule has 7 nitrogen and oxygen atoms in total. The Morgan fingerprint density at radius 3 is 2.95 bits per heavy atom. The summed E-state index contributed by atoms with van der Waals surface area (Å²) < 4.78 is 10.0. The molecule has 2 aromatic rings. The van der Waals surface area contributed by atoms with Crippen LogP contribution < -0.4 is 4.90 Å². The third-order valence-corrected chi connectivity index (χ3v) is 3.36. The van der Waals surface area contributed by atoms with E-state index >= 15 is 0 Å². The summed E-state index contributed by atoms with van der Waals surface area (Å²) in [4.78, 5) is 25.1. The number of carbonyl (C=O) groups is 2. The number of H-pyrrole nitrogens is 1. The van der Waals surface area contributed by atoms with Crippen LogP contribution in [0.25, 0.3) is 0 Å². The number of hydrogen-bond donors (Lipinski definition) is 1. The number of amides is 1. The molecule has 1 fully saturated rings. The van der Waals surface area contributed by atoms with Crippen molar-refractivity contribution in [2.75, 3.05) is 18.1 Å². The SMILES string of the molecule is CCOC(=O)c1cc(N2C(=O)OC[C@H]2c2ccccc2)n[nH]1. The van der Waals surface area contributed by atoms with E-state index in [1.54, 1.807) is 6.92 Å². The Bertz CT molecular complexity index is 683. The number of benzene rings is 1. The van der Waals surface area contributed by atoms with E-state index in [2.05, 4.69) is 10.2 Å². The van der Waals surface area contributed by atoms with E-state index in [4.69, 9.17) is 9.47 Å². The first-order chi connectivity index (χ1) is 10.7. The Morgan fingerprint density at radius 1 is 1.45 bits per heavy atom. The first-order valence-corrected chi connectivity index (χ1v) is 6.94. The van der Waals surface area contributed by atoms with Gasteiger partial charge in [0.15, 0.2) is 5.82 Å². The molecule has 1 amide bonds. The average molecular weight is 301 g/mol. The zero-order valence-electron chi connectivity index (χ0n) is 12.0. The molecule has 1 N–H and O–H groups in total. The molecule has 22 heavy (non-hydrogen) atoms. The highest BCUT2D eigenvalue weighted by molar-refractivity contribution is 5.92. The molecule has 1 aromatic heterocycles. The Balaban J connectivity index is 1.88. The molecule has 0 spiro atoms. The van der Waals surface area contributed by atoms with Gasteiger partial charge in [-0.25, -0.2) is 14.5 Å². The summed E-state index contributed by atoms with van der Waals surface area (Å²) in [6.45, 7) is 2.23. The van der Waals surface area contributed by atoms with E-state index in [9.17, 15) is 9.59 Å². The van der Waals surface area contributed by atoms with Gasteiger partial charge in [-0.3, -0.25) is 5.10 Å². The van der Waals surface area contributed by atoms with Crippen molar-refractivity contribution in [2.24, 2.45) is 0 Å². The quantitative estimate of drug-likeness (QED) is 0.876. The molecule has 1 saturated heterocycles. The van der Waals surface area contributed by atoms with Crippen molar-refractivity contribution < 1.29 is 19.1 Å². The van der Waals surface area contributed by atoms with E-state index in [0.717, 1.165) is 5.56 Å². The highest BCUT2D eigenvalue weighted by Crippen LogP contribution is 2.32. The molecule has 7 heteroatoms. The van der Waals surface area contributed by atoms with E-state index in [1.807, 2.05) is 30.3 Å². The van der Waals surface area contributed by atoms with Crippen molar-refractivity contribution in [3.63, 3.8) is 0 Å². The van der Waals surface area contributed by atoms with Crippen LogP contribution in [-0.4, -0.2) is 35.5 Å². The minimum atomic E-state index is -0.509. The predicted molar refractivity (Wildman–Crippen MR) is 77.6 cm³/mol. The van der Waals surface area contributed by atoms with E-state index in [-0.39, 0.29) is 24.9 Å². The summed E-state index contributed by atoms with van der Waals surface area (Å²) in [6, 6.07) is 10.7. The summed E-state index contributed by atoms with van der Waals surface area (Å²) in [5.74, 6) is -0.176. The molecule has 0 unspecified atom stereocenters. The number of anilines is 1. The lowest BCUT2D eigenvalue weighted by Crippen LogP contribution is -2.27. The first-order valence-electron chi connectivity index (χ1n) is 6.94. The number of aromatic nitrogens is 2. The fourth-order valence-electron chi connectivity index (χ4n) is 2.34. The number of nitrogens with one attached hydrogen (secondary N) is 1. The third-order valence-electron chi connectivity index (χ3n) is 3.36. The van der Waals surface area contributed by atoms with Crippen molar-refractivity contribution >= 4 is 17.9 Å². The Morgan fingerprint density at radius 2 is 2.23 bits per heavy atom. The number of carbonyl (C=O) groups excluding carboxylic acids is 2. The molecule has 2 heterocycles. The number of hydrogen-bond acceptors (Lipinski definition) is 5. The third kappa shape index (κ3) is 2.52. The molecule has 1 aliphatic rings. The van der Waals surface area contributed by atoms with Crippen molar-refractivity contribution in [3.8, 4) is 0 Å². The summed E-state index contributed by atoms with van der Waals surface area (Å²) >= 11 is 0. The topological polar surface area (TPSA) is 84.5 Å². The minimum absolute atomic E-state index is 0.198. The van der Waals surface area contributed by atoms with Crippen molar-refractivity contribution in [2.45, 2.75) is 13.0 Å². The van der Waals surface area contributed by atoms with Gasteiger partial charge in [-0.1, -0.05) is 30.3 Å². The lowest BCUT2D eigenvalue weighted by atomic mass is 10.1. The zero-order valence-corrected chi connectivity index (χ0v) is 12.0. The lowest BCUT2D eigenvalue weighted by molar-refractivity contribution is 0.0519. The molecular formula is C15H15N3O4. The summed E-state index contributed by atoms with van der Waals surface area (Å²) in [5, 5.41) is 6.61. The van der Waals surface area contributed by atoms with Crippen molar-refractivity contribution in [1.82, 2.24) is 10.2 Å². The Labute approximate surface area is 126 Å². The van der Waals surface area contributed by atoms with Gasteiger partial charge in [0, 0.05) is 6.07 Å². The molecule has 0 aliphatic carbocycles. The predicted octanol–water partition coefficient (Wildman–Crippen LogP) is 2.28. The van der Waals surface area contributed by atoms with Gasteiger partial charge in [-0.15, -0.1) is 0 Å². The number of esters is 1. The number of rotatable bonds is 4. The largest absolute Gasteiger partial charge is 0.461 e. The van der Waals surface area contributed by atoms with Crippen LogP contribution in [0.15, 0.2) is 36.4 Å². The van der Waals surface area contributed by atoms with Gasteiger partial charge in [0.05, 0.1) is 6.61 Å². The molecule has 0 saturated carbocycles. The normalized spacial score (nSPS) is 17.4.